The predicted molar refractivity (Wildman–Crippen MR) is 300 cm³/mol. The average Bonchev–Trinajstić information content (AvgIpc) is 3.48. The zero-order chi connectivity index (χ0) is 56.4. The molecule has 0 saturated heterocycles. The van der Waals surface area contributed by atoms with Gasteiger partial charge in [0.15, 0.2) is 101 Å². The fourth-order valence-electron chi connectivity index (χ4n) is 10.0. The van der Waals surface area contributed by atoms with Crippen LogP contribution in [0.25, 0.3) is 33.4 Å². The molecule has 0 aliphatic heterocycles. The van der Waals surface area contributed by atoms with Crippen LogP contribution in [0.1, 0.15) is 52.6 Å². The Hall–Kier alpha value is -9.84. The molecule has 0 radical (unpaired) electrons. The van der Waals surface area contributed by atoms with Gasteiger partial charge in [0, 0.05) is 145 Å². The van der Waals surface area contributed by atoms with Crippen LogP contribution in [-0.4, -0.2) is 29.2 Å². The van der Waals surface area contributed by atoms with E-state index in [1.807, 2.05) is 0 Å². The summed E-state index contributed by atoms with van der Waals surface area (Å²) in [4.78, 5) is 67.0. The van der Waals surface area contributed by atoms with Crippen LogP contribution in [0.5, 0.6) is 6.01 Å². The Morgan fingerprint density at radius 2 is 0.679 bits per heavy atom. The van der Waals surface area contributed by atoms with Gasteiger partial charge in [0.1, 0.15) is 19.3 Å². The van der Waals surface area contributed by atoms with Gasteiger partial charge in [-0.25, -0.2) is 46.4 Å². The van der Waals surface area contributed by atoms with Gasteiger partial charge in [0.2, 0.25) is 0 Å². The fraction of sp³-hybridized carbons (Fsp3) is 0.238. The van der Waals surface area contributed by atoms with E-state index in [0.29, 0.717) is 56.0 Å². The predicted octanol–water partition coefficient (Wildman–Crippen LogP) is 3.14. The monoisotopic (exact) mass is 1090 g/mol. The van der Waals surface area contributed by atoms with Crippen LogP contribution in [0.3, 0.4) is 0 Å². The molecule has 0 saturated carbocycles. The molecular weight excluding hydrogens is 1020 g/mol. The number of aryl methyl sites for hydroxylation is 9. The Morgan fingerprint density at radius 3 is 1.01 bits per heavy atom. The van der Waals surface area contributed by atoms with E-state index in [1.54, 1.807) is 53.1 Å². The highest BCUT2D eigenvalue weighted by Crippen LogP contribution is 2.19. The molecule has 0 aliphatic rings. The molecule has 0 fully saturated rings. The highest BCUT2D eigenvalue weighted by Gasteiger charge is 2.17. The molecule has 18 heteroatoms. The van der Waals surface area contributed by atoms with Gasteiger partial charge in [0.05, 0.1) is 12.1 Å². The average molecular weight is 1090 g/mol. The highest BCUT2D eigenvalue weighted by atomic mass is 16.3. The summed E-state index contributed by atoms with van der Waals surface area (Å²) in [5.74, 6) is 0. The second-order valence-electron chi connectivity index (χ2n) is 20.8. The van der Waals surface area contributed by atoms with Crippen molar-refractivity contribution in [2.45, 2.75) is 98.9 Å². The minimum atomic E-state index is -0.388. The second kappa shape index (κ2) is 24.9. The summed E-state index contributed by atoms with van der Waals surface area (Å²) in [6, 6.07) is 32.3. The van der Waals surface area contributed by atoms with Crippen molar-refractivity contribution in [1.29, 1.82) is 0 Å². The van der Waals surface area contributed by atoms with Gasteiger partial charge in [0.25, 0.3) is 11.1 Å². The second-order valence-corrected chi connectivity index (χ2v) is 20.8. The van der Waals surface area contributed by atoms with Crippen LogP contribution in [0, 0.1) is 20.8 Å². The van der Waals surface area contributed by atoms with Crippen LogP contribution in [0.15, 0.2) is 208 Å². The molecule has 9 heterocycles. The minimum Gasteiger partial charge on any atom is -0.446 e. The lowest BCUT2D eigenvalue weighted by Crippen LogP contribution is -2.41. The van der Waals surface area contributed by atoms with Crippen molar-refractivity contribution in [3.63, 3.8) is 0 Å². The first-order valence-electron chi connectivity index (χ1n) is 27.3. The molecular formula is C63H67N12O6+7. The number of aromatic amines is 3. The summed E-state index contributed by atoms with van der Waals surface area (Å²) < 4.78 is 17.7. The Morgan fingerprint density at radius 1 is 0.383 bits per heavy atom. The number of pyridine rings is 6. The Bertz CT molecular complexity index is 3950. The van der Waals surface area contributed by atoms with Crippen molar-refractivity contribution in [2.24, 2.45) is 0 Å². The third-order valence-corrected chi connectivity index (χ3v) is 14.6. The molecule has 10 rings (SSSR count). The number of nitrogens with one attached hydrogen (secondary N) is 3. The van der Waals surface area contributed by atoms with Crippen molar-refractivity contribution in [2.75, 3.05) is 0 Å². The first kappa shape index (κ1) is 54.5. The number of hydrogen-bond donors (Lipinski definition) is 4. The summed E-state index contributed by atoms with van der Waals surface area (Å²) in [5.41, 5.74) is 10.0. The van der Waals surface area contributed by atoms with Gasteiger partial charge >= 0.3 is 22.9 Å². The Balaban J connectivity index is 0.805. The maximum atomic E-state index is 12.2. The molecule has 0 spiro atoms. The molecule has 0 atom stereocenters. The van der Waals surface area contributed by atoms with E-state index >= 15 is 0 Å². The van der Waals surface area contributed by atoms with Crippen LogP contribution in [-0.2, 0) is 58.9 Å². The lowest BCUT2D eigenvalue weighted by molar-refractivity contribution is -0.731. The fourth-order valence-corrected chi connectivity index (χ4v) is 10.0. The molecule has 4 N–H and O–H groups in total. The third-order valence-electron chi connectivity index (χ3n) is 14.6. The quantitative estimate of drug-likeness (QED) is 0.0801. The number of hydrogen-bond acceptors (Lipinski definition) is 6. The Kier molecular flexibility index (Phi) is 16.7. The summed E-state index contributed by atoms with van der Waals surface area (Å²) in [6.07, 6.45) is 32.3. The van der Waals surface area contributed by atoms with Crippen molar-refractivity contribution >= 4 is 0 Å². The minimum absolute atomic E-state index is 0.139. The zero-order valence-corrected chi connectivity index (χ0v) is 45.8. The third kappa shape index (κ3) is 14.1. The molecule has 10 aromatic rings. The summed E-state index contributed by atoms with van der Waals surface area (Å²) >= 11 is 0. The zero-order valence-electron chi connectivity index (χ0n) is 45.8. The first-order chi connectivity index (χ1) is 39.2. The molecule has 0 amide bonds. The molecule has 0 bridgehead atoms. The normalized spacial score (nSPS) is 11.3. The lowest BCUT2D eigenvalue weighted by atomic mass is 10.0. The summed E-state index contributed by atoms with van der Waals surface area (Å²) in [5, 5.41) is 10.2. The van der Waals surface area contributed by atoms with E-state index in [9.17, 15) is 29.1 Å². The van der Waals surface area contributed by atoms with E-state index in [1.165, 1.54) is 16.7 Å². The smallest absolute Gasteiger partial charge is 0.446 e. The van der Waals surface area contributed by atoms with E-state index in [4.69, 9.17) is 0 Å². The number of nitrogens with zero attached hydrogens (tertiary/aromatic N) is 9. The number of rotatable bonds is 21. The molecule has 0 aliphatic carbocycles. The standard InChI is InChI=1S/C63H63N12O6/c1-46-40-73(61(79)64-58(46)76)22-4-19-67-25-7-52(8-26-67)55-13-31-70(32-14-55)43-49-37-50(44-71-33-15-56(16-34-71)53-9-27-68(28-10-53)20-5-23-74-41-47(2)59(77)65-62(74)80)39-51(38-49)45-72-35-17-57(18-36-72)54-11-29-69(30-12-54)21-6-24-75-42-48(3)60(78)66-63(75)81/h7-18,25-42H,4-6,19-24,43-45H2,1-3H3/q+3/p+4. The molecule has 9 aromatic heterocycles. The van der Waals surface area contributed by atoms with E-state index in [2.05, 4.69) is 208 Å². The van der Waals surface area contributed by atoms with Gasteiger partial charge in [-0.15, -0.1) is 0 Å². The van der Waals surface area contributed by atoms with E-state index < -0.39 is 0 Å². The van der Waals surface area contributed by atoms with E-state index in [0.717, 1.165) is 72.3 Å². The van der Waals surface area contributed by atoms with Crippen LogP contribution >= 0.6 is 0 Å². The largest absolute Gasteiger partial charge is 0.454 e. The molecule has 18 nitrogen and oxygen atoms in total. The van der Waals surface area contributed by atoms with Crippen molar-refractivity contribution in [3.8, 4) is 39.4 Å². The number of aromatic hydroxyl groups is 1. The van der Waals surface area contributed by atoms with E-state index in [-0.39, 0.29) is 34.1 Å². The SMILES string of the molecule is Cc1c[n+](CCC[n+]2ccc(-c3cc[n+](Cc4cc(C[n+]5ccc(-c6cc[n+](CCCn7cc(C)c(=O)[nH]c7=O)cc6)cc5)cc(C[n+]5ccc(-c6cc[n+](CCCn7cc(C)c(=O)[nH]c7=O)cc6)cc5)c4)cc3)cc2)c(O)[nH]c1=O. The number of aromatic nitrogens is 12. The van der Waals surface area contributed by atoms with Crippen LogP contribution in [0.2, 0.25) is 0 Å². The van der Waals surface area contributed by atoms with Crippen LogP contribution in [0.4, 0.5) is 0 Å². The highest BCUT2D eigenvalue weighted by molar-refractivity contribution is 5.62. The summed E-state index contributed by atoms with van der Waals surface area (Å²) in [6.45, 7) is 11.0. The van der Waals surface area contributed by atoms with Crippen molar-refractivity contribution in [1.82, 2.24) is 24.1 Å². The first-order valence-corrected chi connectivity index (χ1v) is 27.3. The van der Waals surface area contributed by atoms with Gasteiger partial charge in [-0.05, 0) is 72.4 Å². The molecule has 408 valence electrons. The van der Waals surface area contributed by atoms with Crippen molar-refractivity contribution in [3.05, 3.63) is 269 Å². The topological polar surface area (TPSA) is 190 Å². The maximum absolute atomic E-state index is 12.2. The molecule has 1 aromatic carbocycles. The molecule has 0 unspecified atom stereocenters. The Labute approximate surface area is 467 Å². The number of H-pyrrole nitrogens is 3. The number of benzene rings is 1. The lowest BCUT2D eigenvalue weighted by Gasteiger charge is -2.08. The van der Waals surface area contributed by atoms with Gasteiger partial charge < -0.3 is 14.2 Å². The van der Waals surface area contributed by atoms with Gasteiger partial charge in [-0.2, -0.15) is 4.98 Å². The van der Waals surface area contributed by atoms with Crippen LogP contribution < -0.4 is 60.0 Å². The maximum Gasteiger partial charge on any atom is 0.454 e. The molecule has 81 heavy (non-hydrogen) atoms. The summed E-state index contributed by atoms with van der Waals surface area (Å²) in [7, 11) is 0. The van der Waals surface area contributed by atoms with Crippen molar-refractivity contribution < 1.29 is 37.1 Å². The van der Waals surface area contributed by atoms with Gasteiger partial charge in [-0.3, -0.25) is 19.6 Å². The van der Waals surface area contributed by atoms with Gasteiger partial charge in [-0.1, -0.05) is 0 Å².